The maximum atomic E-state index is 16.4. The molecule has 1 aromatic heterocycles. The number of carbonyl (C=O) groups excluding carboxylic acids is 1. The Labute approximate surface area is 233 Å². The molecule has 5 rings (SSSR count). The van der Waals surface area contributed by atoms with Gasteiger partial charge in [0, 0.05) is 32.5 Å². The van der Waals surface area contributed by atoms with Crippen molar-refractivity contribution in [1.82, 2.24) is 4.57 Å². The molecule has 0 saturated heterocycles. The Hall–Kier alpha value is -3.04. The highest BCUT2D eigenvalue weighted by atomic mass is 19.3. The van der Waals surface area contributed by atoms with E-state index in [2.05, 4.69) is 9.47 Å². The van der Waals surface area contributed by atoms with Crippen LogP contribution in [0.3, 0.4) is 0 Å². The lowest BCUT2D eigenvalue weighted by Gasteiger charge is -2.26. The van der Waals surface area contributed by atoms with E-state index < -0.39 is 149 Å². The standard InChI is InChI=1S/C28H30F3NO5/c1-4-26(2,3)24-10-17-9-16(20(29)13-21(17)32(24)14-19(34)15-33)11-25(35)27(7-8-27)18-5-6-22-23(12-18)37-28(30,31)36-22/h5-6,9-10,12-13,19,33-34H,4,7-8,11,14-15H2,1-3H3/t19-/m1/s1/i2D3,5D,6D,7D2,8D2,9D,10D,12D,13D,14D2/t19-,26?. The second-order valence-corrected chi connectivity index (χ2v) is 8.76. The van der Waals surface area contributed by atoms with Crippen molar-refractivity contribution in [1.29, 1.82) is 0 Å². The van der Waals surface area contributed by atoms with Crippen LogP contribution in [0.4, 0.5) is 13.2 Å². The zero-order valence-electron chi connectivity index (χ0n) is 34.4. The Morgan fingerprint density at radius 2 is 2.03 bits per heavy atom. The number of aliphatic hydroxyl groups is 2. The maximum Gasteiger partial charge on any atom is 0.586 e. The summed E-state index contributed by atoms with van der Waals surface area (Å²) >= 11 is 0. The molecule has 6 nitrogen and oxygen atoms in total. The number of aromatic nitrogens is 1. The van der Waals surface area contributed by atoms with Crippen LogP contribution in [0.15, 0.2) is 36.3 Å². The van der Waals surface area contributed by atoms with Crippen LogP contribution >= 0.6 is 0 Å². The van der Waals surface area contributed by atoms with Crippen molar-refractivity contribution < 1.29 is 58.2 Å². The number of carbonyl (C=O) groups is 1. The monoisotopic (exact) mass is 532 g/mol. The van der Waals surface area contributed by atoms with Crippen LogP contribution in [0, 0.1) is 5.82 Å². The molecular weight excluding hydrogens is 487 g/mol. The first kappa shape index (κ1) is 13.2. The fourth-order valence-electron chi connectivity index (χ4n) is 3.77. The van der Waals surface area contributed by atoms with Gasteiger partial charge < -0.3 is 24.3 Å². The van der Waals surface area contributed by atoms with Gasteiger partial charge in [-0.2, -0.15) is 0 Å². The lowest BCUT2D eigenvalue weighted by atomic mass is 9.86. The minimum absolute atomic E-state index is 0.340. The molecule has 2 aromatic carbocycles. The van der Waals surface area contributed by atoms with Gasteiger partial charge in [-0.15, -0.1) is 8.78 Å². The molecule has 0 spiro atoms. The average molecular weight is 533 g/mol. The van der Waals surface area contributed by atoms with Crippen molar-refractivity contribution in [2.75, 3.05) is 6.61 Å². The van der Waals surface area contributed by atoms with E-state index in [4.69, 9.17) is 20.6 Å². The Balaban J connectivity index is 1.82. The van der Waals surface area contributed by atoms with E-state index in [1.54, 1.807) is 0 Å². The summed E-state index contributed by atoms with van der Waals surface area (Å²) in [5, 5.41) is 19.3. The molecule has 2 N–H and O–H groups in total. The third kappa shape index (κ3) is 4.48. The summed E-state index contributed by atoms with van der Waals surface area (Å²) in [6, 6.07) is -7.26. The van der Waals surface area contributed by atoms with Gasteiger partial charge in [-0.3, -0.25) is 4.79 Å². The topological polar surface area (TPSA) is 80.9 Å². The summed E-state index contributed by atoms with van der Waals surface area (Å²) in [6.07, 6.45) is -15.4. The molecule has 1 aliphatic heterocycles. The molecule has 9 heteroatoms. The zero-order chi connectivity index (χ0) is 39.9. The predicted molar refractivity (Wildman–Crippen MR) is 131 cm³/mol. The van der Waals surface area contributed by atoms with E-state index in [-0.39, 0.29) is 6.42 Å². The van der Waals surface area contributed by atoms with E-state index in [1.807, 2.05) is 0 Å². The molecule has 1 aliphatic carbocycles. The number of Topliss-reactive ketones (excluding diaryl/α,β-unsaturated/α-hetero) is 1. The summed E-state index contributed by atoms with van der Waals surface area (Å²) in [5.41, 5.74) is -9.48. The van der Waals surface area contributed by atoms with E-state index in [9.17, 15) is 23.8 Å². The smallest absolute Gasteiger partial charge is 0.395 e. The third-order valence-corrected chi connectivity index (χ3v) is 6.07. The molecule has 1 fully saturated rings. The quantitative estimate of drug-likeness (QED) is 0.406. The lowest BCUT2D eigenvalue weighted by Crippen LogP contribution is -2.26. The number of alkyl halides is 2. The molecule has 0 amide bonds. The van der Waals surface area contributed by atoms with E-state index in [1.165, 1.54) is 6.92 Å². The van der Waals surface area contributed by atoms with Gasteiger partial charge in [0.15, 0.2) is 11.5 Å². The SMILES string of the molecule is [2H]c1c([2H])c(C2(C(=O)Cc3c(F)c([2H])c4c(c3[2H])c([2H])c(C(C)(CC)C([2H])([2H])[2H])n4C([2H])([2H])[C@@H](O)CO)C([2H])([2H])C2([2H])[2H])c([2H])c2c1OC(F)(F)O2. The summed E-state index contributed by atoms with van der Waals surface area (Å²) < 4.78 is 180. The van der Waals surface area contributed by atoms with Gasteiger partial charge >= 0.3 is 6.29 Å². The molecule has 3 aromatic rings. The lowest BCUT2D eigenvalue weighted by molar-refractivity contribution is -0.286. The van der Waals surface area contributed by atoms with Crippen LogP contribution in [0.25, 0.3) is 10.9 Å². The first-order chi connectivity index (χ1) is 23.5. The largest absolute Gasteiger partial charge is 0.586 e. The molecule has 2 aliphatic rings. The molecule has 0 radical (unpaired) electrons. The minimum Gasteiger partial charge on any atom is -0.395 e. The van der Waals surface area contributed by atoms with Crippen LogP contribution in [-0.2, 0) is 28.5 Å². The number of benzene rings is 2. The molecule has 1 saturated carbocycles. The Kier molecular flexibility index (Phi) is 3.12. The number of fused-ring (bicyclic) bond motifs is 2. The highest BCUT2D eigenvalue weighted by Crippen LogP contribution is 2.52. The van der Waals surface area contributed by atoms with Gasteiger partial charge in [-0.05, 0) is 60.5 Å². The van der Waals surface area contributed by atoms with Crippen LogP contribution in [0.1, 0.15) is 77.2 Å². The number of hydrogen-bond donors (Lipinski definition) is 2. The second-order valence-electron chi connectivity index (χ2n) is 8.76. The molecule has 0 bridgehead atoms. The second kappa shape index (κ2) is 8.77. The molecule has 1 unspecified atom stereocenters. The Bertz CT molecular complexity index is 2040. The first-order valence-electron chi connectivity index (χ1n) is 18.5. The van der Waals surface area contributed by atoms with Gasteiger partial charge in [0.2, 0.25) is 0 Å². The zero-order valence-corrected chi connectivity index (χ0v) is 19.4. The predicted octanol–water partition coefficient (Wildman–Crippen LogP) is 4.99. The number of aliphatic hydroxyl groups excluding tert-OH is 2. The van der Waals surface area contributed by atoms with Crippen molar-refractivity contribution in [3.63, 3.8) is 0 Å². The maximum absolute atomic E-state index is 16.4. The van der Waals surface area contributed by atoms with Crippen molar-refractivity contribution in [3.05, 3.63) is 58.9 Å². The highest BCUT2D eigenvalue weighted by molar-refractivity contribution is 5.95. The number of ether oxygens (including phenoxy) is 2. The number of nitrogens with zero attached hydrogens (tertiary/aromatic N) is 1. The fourth-order valence-corrected chi connectivity index (χ4v) is 3.77. The average Bonchev–Trinajstić information content (AvgIpc) is 3.34. The summed E-state index contributed by atoms with van der Waals surface area (Å²) in [6.45, 7) is -5.10. The van der Waals surface area contributed by atoms with Crippen LogP contribution in [-0.4, -0.2) is 39.6 Å². The molecular formula is C28H30F3NO5. The van der Waals surface area contributed by atoms with Crippen LogP contribution < -0.4 is 9.47 Å². The fraction of sp³-hybridized carbons (Fsp3) is 0.464. The van der Waals surface area contributed by atoms with E-state index in [0.29, 0.717) is 4.57 Å². The van der Waals surface area contributed by atoms with Gasteiger partial charge in [-0.25, -0.2) is 4.39 Å². The van der Waals surface area contributed by atoms with Crippen molar-refractivity contribution >= 4 is 16.7 Å². The molecule has 37 heavy (non-hydrogen) atoms. The van der Waals surface area contributed by atoms with Gasteiger partial charge in [0.05, 0.1) is 41.1 Å². The van der Waals surface area contributed by atoms with Crippen LogP contribution in [0.2, 0.25) is 0 Å². The first-order valence-corrected chi connectivity index (χ1v) is 11.0. The highest BCUT2D eigenvalue weighted by Gasteiger charge is 2.52. The van der Waals surface area contributed by atoms with E-state index >= 15 is 4.39 Å². The van der Waals surface area contributed by atoms with Crippen LogP contribution in [0.5, 0.6) is 11.5 Å². The minimum atomic E-state index is -4.46. The Morgan fingerprint density at radius 1 is 1.30 bits per heavy atom. The summed E-state index contributed by atoms with van der Waals surface area (Å²) in [4.78, 5) is 14.2. The number of rotatable bonds is 9. The van der Waals surface area contributed by atoms with Crippen molar-refractivity contribution in [2.24, 2.45) is 0 Å². The summed E-state index contributed by atoms with van der Waals surface area (Å²) in [5.74, 6) is -5.81. The van der Waals surface area contributed by atoms with E-state index in [0.717, 1.165) is 6.92 Å². The van der Waals surface area contributed by atoms with Crippen molar-refractivity contribution in [3.8, 4) is 11.5 Å². The Morgan fingerprint density at radius 3 is 2.68 bits per heavy atom. The summed E-state index contributed by atoms with van der Waals surface area (Å²) in [7, 11) is 0. The van der Waals surface area contributed by atoms with Gasteiger partial charge in [0.1, 0.15) is 11.6 Å². The molecule has 2 heterocycles. The normalized spacial score (nSPS) is 28.9. The van der Waals surface area contributed by atoms with Gasteiger partial charge in [-0.1, -0.05) is 26.7 Å². The van der Waals surface area contributed by atoms with Crippen molar-refractivity contribution in [2.45, 2.75) is 76.0 Å². The molecule has 2 atom stereocenters. The number of hydrogen-bond acceptors (Lipinski definition) is 5. The number of ketones is 1. The van der Waals surface area contributed by atoms with Gasteiger partial charge in [0.25, 0.3) is 0 Å². The molecule has 198 valence electrons. The third-order valence-electron chi connectivity index (χ3n) is 6.07. The number of halogens is 3.